The molecule has 2 heterocycles. The van der Waals surface area contributed by atoms with Gasteiger partial charge in [0.1, 0.15) is 0 Å². The fraction of sp³-hybridized carbons (Fsp3) is 1.00. The molecule has 2 N–H and O–H groups in total. The van der Waals surface area contributed by atoms with Crippen LogP contribution in [0.3, 0.4) is 0 Å². The van der Waals surface area contributed by atoms with Crippen molar-refractivity contribution < 1.29 is 9.47 Å². The van der Waals surface area contributed by atoms with E-state index in [-0.39, 0.29) is 5.54 Å². The maximum absolute atomic E-state index is 6.07. The van der Waals surface area contributed by atoms with Crippen molar-refractivity contribution in [1.82, 2.24) is 4.90 Å². The fourth-order valence-electron chi connectivity index (χ4n) is 3.17. The van der Waals surface area contributed by atoms with Gasteiger partial charge < -0.3 is 15.2 Å². The number of morpholine rings is 1. The van der Waals surface area contributed by atoms with Crippen molar-refractivity contribution in [2.75, 3.05) is 32.8 Å². The predicted octanol–water partition coefficient (Wildman–Crippen LogP) is 0.850. The van der Waals surface area contributed by atoms with E-state index in [1.165, 1.54) is 0 Å². The topological polar surface area (TPSA) is 47.7 Å². The fourth-order valence-corrected chi connectivity index (χ4v) is 3.17. The second-order valence-electron chi connectivity index (χ2n) is 5.78. The molecule has 0 bridgehead atoms. The Morgan fingerprint density at radius 1 is 1.29 bits per heavy atom. The van der Waals surface area contributed by atoms with Gasteiger partial charge >= 0.3 is 0 Å². The molecular formula is C13H26N2O2. The number of nitrogens with zero attached hydrogens (tertiary/aromatic N) is 1. The minimum atomic E-state index is 0.0583. The predicted molar refractivity (Wildman–Crippen MR) is 68.0 cm³/mol. The Bertz CT molecular complexity index is 246. The molecule has 2 fully saturated rings. The van der Waals surface area contributed by atoms with E-state index in [0.29, 0.717) is 24.7 Å². The van der Waals surface area contributed by atoms with Crippen LogP contribution >= 0.6 is 0 Å². The summed E-state index contributed by atoms with van der Waals surface area (Å²) in [4.78, 5) is 2.52. The van der Waals surface area contributed by atoms with Crippen molar-refractivity contribution in [1.29, 1.82) is 0 Å². The van der Waals surface area contributed by atoms with E-state index in [0.717, 1.165) is 32.7 Å². The Labute approximate surface area is 104 Å². The Kier molecular flexibility index (Phi) is 4.08. The molecule has 4 heteroatoms. The summed E-state index contributed by atoms with van der Waals surface area (Å²) < 4.78 is 11.3. The number of ether oxygens (including phenoxy) is 2. The van der Waals surface area contributed by atoms with E-state index in [1.54, 1.807) is 0 Å². The van der Waals surface area contributed by atoms with Gasteiger partial charge in [-0.1, -0.05) is 0 Å². The highest BCUT2D eigenvalue weighted by molar-refractivity contribution is 4.97. The summed E-state index contributed by atoms with van der Waals surface area (Å²) in [7, 11) is 0. The lowest BCUT2D eigenvalue weighted by Crippen LogP contribution is -2.62. The SMILES string of the molecule is CC1CN(C(C)(CN)C2CCOC2)CC(C)O1. The average Bonchev–Trinajstić information content (AvgIpc) is 2.80. The second-order valence-corrected chi connectivity index (χ2v) is 5.78. The molecule has 0 spiro atoms. The van der Waals surface area contributed by atoms with Crippen molar-refractivity contribution in [3.63, 3.8) is 0 Å². The number of nitrogens with two attached hydrogens (primary N) is 1. The molecule has 4 nitrogen and oxygen atoms in total. The van der Waals surface area contributed by atoms with Crippen molar-refractivity contribution in [3.8, 4) is 0 Å². The van der Waals surface area contributed by atoms with Crippen LogP contribution in [0.2, 0.25) is 0 Å². The third-order valence-electron chi connectivity index (χ3n) is 4.36. The van der Waals surface area contributed by atoms with Gasteiger partial charge in [0.25, 0.3) is 0 Å². The molecule has 0 radical (unpaired) electrons. The van der Waals surface area contributed by atoms with E-state index in [1.807, 2.05) is 0 Å². The molecule has 2 aliphatic rings. The molecular weight excluding hydrogens is 216 g/mol. The molecule has 2 aliphatic heterocycles. The molecule has 4 atom stereocenters. The maximum Gasteiger partial charge on any atom is 0.0678 e. The number of hydrogen-bond acceptors (Lipinski definition) is 4. The van der Waals surface area contributed by atoms with E-state index in [2.05, 4.69) is 25.7 Å². The summed E-state index contributed by atoms with van der Waals surface area (Å²) in [6, 6.07) is 0. The molecule has 4 unspecified atom stereocenters. The number of hydrogen-bond donors (Lipinski definition) is 1. The Morgan fingerprint density at radius 2 is 1.94 bits per heavy atom. The van der Waals surface area contributed by atoms with Gasteiger partial charge in [-0.2, -0.15) is 0 Å². The van der Waals surface area contributed by atoms with Gasteiger partial charge in [0.15, 0.2) is 0 Å². The highest BCUT2D eigenvalue weighted by Crippen LogP contribution is 2.32. The van der Waals surface area contributed by atoms with Gasteiger partial charge in [-0.15, -0.1) is 0 Å². The van der Waals surface area contributed by atoms with Crippen LogP contribution in [0.4, 0.5) is 0 Å². The van der Waals surface area contributed by atoms with E-state index in [9.17, 15) is 0 Å². The van der Waals surface area contributed by atoms with E-state index < -0.39 is 0 Å². The van der Waals surface area contributed by atoms with Crippen LogP contribution in [0, 0.1) is 5.92 Å². The Morgan fingerprint density at radius 3 is 2.41 bits per heavy atom. The highest BCUT2D eigenvalue weighted by Gasteiger charge is 2.42. The first-order valence-corrected chi connectivity index (χ1v) is 6.74. The lowest BCUT2D eigenvalue weighted by molar-refractivity contribution is -0.109. The van der Waals surface area contributed by atoms with Crippen molar-refractivity contribution in [2.24, 2.45) is 11.7 Å². The Hall–Kier alpha value is -0.160. The largest absolute Gasteiger partial charge is 0.381 e. The standard InChI is InChI=1S/C13H26N2O2/c1-10-6-15(7-11(2)17-10)13(3,9-14)12-4-5-16-8-12/h10-12H,4-9,14H2,1-3H3. The lowest BCUT2D eigenvalue weighted by atomic mass is 9.82. The van der Waals surface area contributed by atoms with Crippen LogP contribution in [0.15, 0.2) is 0 Å². The molecule has 0 saturated carbocycles. The lowest BCUT2D eigenvalue weighted by Gasteiger charge is -2.49. The summed E-state index contributed by atoms with van der Waals surface area (Å²) >= 11 is 0. The summed E-state index contributed by atoms with van der Waals surface area (Å²) in [5, 5.41) is 0. The molecule has 0 aromatic rings. The zero-order valence-corrected chi connectivity index (χ0v) is 11.3. The van der Waals surface area contributed by atoms with E-state index >= 15 is 0 Å². The monoisotopic (exact) mass is 242 g/mol. The molecule has 2 rings (SSSR count). The van der Waals surface area contributed by atoms with Gasteiger partial charge in [0.2, 0.25) is 0 Å². The summed E-state index contributed by atoms with van der Waals surface area (Å²) in [6.45, 7) is 11.0. The molecule has 0 aromatic carbocycles. The van der Waals surface area contributed by atoms with Crippen LogP contribution < -0.4 is 5.73 Å². The van der Waals surface area contributed by atoms with Gasteiger partial charge in [-0.05, 0) is 27.2 Å². The highest BCUT2D eigenvalue weighted by atomic mass is 16.5. The van der Waals surface area contributed by atoms with Crippen LogP contribution in [0.25, 0.3) is 0 Å². The molecule has 2 saturated heterocycles. The first-order chi connectivity index (χ1) is 8.06. The van der Waals surface area contributed by atoms with Gasteiger partial charge in [-0.25, -0.2) is 0 Å². The van der Waals surface area contributed by atoms with Crippen LogP contribution in [-0.4, -0.2) is 55.5 Å². The third-order valence-corrected chi connectivity index (χ3v) is 4.36. The molecule has 100 valence electrons. The molecule has 0 aromatic heterocycles. The number of rotatable bonds is 3. The maximum atomic E-state index is 6.07. The minimum absolute atomic E-state index is 0.0583. The Balaban J connectivity index is 2.10. The van der Waals surface area contributed by atoms with Gasteiger partial charge in [0.05, 0.1) is 18.8 Å². The molecule has 0 aliphatic carbocycles. The first kappa shape index (κ1) is 13.3. The smallest absolute Gasteiger partial charge is 0.0678 e. The molecule has 17 heavy (non-hydrogen) atoms. The first-order valence-electron chi connectivity index (χ1n) is 6.74. The minimum Gasteiger partial charge on any atom is -0.381 e. The van der Waals surface area contributed by atoms with Crippen LogP contribution in [0.1, 0.15) is 27.2 Å². The van der Waals surface area contributed by atoms with Gasteiger partial charge in [0, 0.05) is 37.7 Å². The summed E-state index contributed by atoms with van der Waals surface area (Å²) in [6.07, 6.45) is 1.73. The van der Waals surface area contributed by atoms with Crippen molar-refractivity contribution in [2.45, 2.75) is 44.9 Å². The summed E-state index contributed by atoms with van der Waals surface area (Å²) in [5.74, 6) is 0.560. The normalized spacial score (nSPS) is 39.2. The zero-order chi connectivity index (χ0) is 12.5. The average molecular weight is 242 g/mol. The summed E-state index contributed by atoms with van der Waals surface area (Å²) in [5.41, 5.74) is 6.13. The quantitative estimate of drug-likeness (QED) is 0.797. The van der Waals surface area contributed by atoms with Gasteiger partial charge in [-0.3, -0.25) is 4.90 Å². The van der Waals surface area contributed by atoms with Crippen molar-refractivity contribution >= 4 is 0 Å². The van der Waals surface area contributed by atoms with Crippen LogP contribution in [0.5, 0.6) is 0 Å². The van der Waals surface area contributed by atoms with Crippen LogP contribution in [-0.2, 0) is 9.47 Å². The van der Waals surface area contributed by atoms with Crippen molar-refractivity contribution in [3.05, 3.63) is 0 Å². The zero-order valence-electron chi connectivity index (χ0n) is 11.3. The molecule has 0 amide bonds. The third kappa shape index (κ3) is 2.65. The van der Waals surface area contributed by atoms with E-state index in [4.69, 9.17) is 15.2 Å². The second kappa shape index (κ2) is 5.22.